The van der Waals surface area contributed by atoms with Crippen molar-refractivity contribution in [3.63, 3.8) is 0 Å². The van der Waals surface area contributed by atoms with E-state index in [1.807, 2.05) is 19.0 Å². The quantitative estimate of drug-likeness (QED) is 0.465. The first kappa shape index (κ1) is 24.6. The van der Waals surface area contributed by atoms with Crippen LogP contribution >= 0.6 is 11.6 Å². The van der Waals surface area contributed by atoms with Crippen molar-refractivity contribution in [2.24, 2.45) is 5.41 Å². The molecule has 2 aromatic rings. The number of amides is 1. The summed E-state index contributed by atoms with van der Waals surface area (Å²) in [5, 5.41) is 0. The van der Waals surface area contributed by atoms with Gasteiger partial charge in [-0.3, -0.25) is 4.79 Å². The molecule has 4 nitrogen and oxygen atoms in total. The molecule has 0 unspecified atom stereocenters. The maximum absolute atomic E-state index is 12.7. The zero-order chi connectivity index (χ0) is 23.2. The molecule has 1 aliphatic heterocycles. The van der Waals surface area contributed by atoms with Crippen molar-refractivity contribution in [1.29, 1.82) is 0 Å². The van der Waals surface area contributed by atoms with Gasteiger partial charge in [-0.15, -0.1) is 11.6 Å². The van der Waals surface area contributed by atoms with Crippen LogP contribution in [0.15, 0.2) is 54.6 Å². The van der Waals surface area contributed by atoms with Gasteiger partial charge in [0.15, 0.2) is 0 Å². The molecule has 0 radical (unpaired) electrons. The molecule has 1 fully saturated rings. The molecule has 1 aliphatic rings. The summed E-state index contributed by atoms with van der Waals surface area (Å²) in [4.78, 5) is 16.7. The molecule has 5 heteroatoms. The molecular weight excluding hydrogens is 420 g/mol. The third-order valence-corrected chi connectivity index (χ3v) is 6.78. The standard InChI is InChI=1S/C27H37ClN2O2/c1-26(2)21-27(15-17-32-26,18-22-8-6-5-7-9-22)14-16-30(25(31)19-28)20-23-10-12-24(13-11-23)29(3)4/h5-13H,14-21H2,1-4H3/t27-/m0/s1. The van der Waals surface area contributed by atoms with Crippen molar-refractivity contribution in [3.8, 4) is 0 Å². The molecule has 2 aromatic carbocycles. The van der Waals surface area contributed by atoms with Gasteiger partial charge in [0.1, 0.15) is 5.88 Å². The first-order valence-corrected chi connectivity index (χ1v) is 12.0. The summed E-state index contributed by atoms with van der Waals surface area (Å²) in [7, 11) is 4.06. The predicted molar refractivity (Wildman–Crippen MR) is 133 cm³/mol. The van der Waals surface area contributed by atoms with E-state index in [-0.39, 0.29) is 22.8 Å². The van der Waals surface area contributed by atoms with Crippen LogP contribution in [0.2, 0.25) is 0 Å². The van der Waals surface area contributed by atoms with Gasteiger partial charge in [0.2, 0.25) is 5.91 Å². The van der Waals surface area contributed by atoms with E-state index >= 15 is 0 Å². The van der Waals surface area contributed by atoms with E-state index in [0.29, 0.717) is 13.1 Å². The van der Waals surface area contributed by atoms with Crippen LogP contribution < -0.4 is 4.90 Å². The van der Waals surface area contributed by atoms with Gasteiger partial charge in [-0.1, -0.05) is 42.5 Å². The Morgan fingerprint density at radius 2 is 1.72 bits per heavy atom. The molecule has 0 spiro atoms. The number of halogens is 1. The second-order valence-corrected chi connectivity index (χ2v) is 10.2. The van der Waals surface area contributed by atoms with Crippen LogP contribution in [0.3, 0.4) is 0 Å². The molecule has 0 aliphatic carbocycles. The number of anilines is 1. The minimum absolute atomic E-state index is 0.00969. The number of rotatable bonds is 9. The highest BCUT2D eigenvalue weighted by atomic mass is 35.5. The Morgan fingerprint density at radius 1 is 1.03 bits per heavy atom. The van der Waals surface area contributed by atoms with Crippen LogP contribution in [0.4, 0.5) is 5.69 Å². The summed E-state index contributed by atoms with van der Waals surface area (Å²) >= 11 is 5.99. The smallest absolute Gasteiger partial charge is 0.237 e. The number of alkyl halides is 1. The van der Waals surface area contributed by atoms with Crippen molar-refractivity contribution >= 4 is 23.2 Å². The van der Waals surface area contributed by atoms with Crippen LogP contribution in [0.5, 0.6) is 0 Å². The molecule has 0 N–H and O–H groups in total. The van der Waals surface area contributed by atoms with Gasteiger partial charge in [0, 0.05) is 39.5 Å². The predicted octanol–water partition coefficient (Wildman–Crippen LogP) is 5.53. The normalized spacial score (nSPS) is 20.0. The maximum atomic E-state index is 12.7. The monoisotopic (exact) mass is 456 g/mol. The molecule has 3 rings (SSSR count). The van der Waals surface area contributed by atoms with E-state index in [0.717, 1.165) is 43.5 Å². The van der Waals surface area contributed by atoms with Gasteiger partial charge in [0.05, 0.1) is 5.60 Å². The van der Waals surface area contributed by atoms with Crippen molar-refractivity contribution in [2.45, 2.75) is 51.7 Å². The van der Waals surface area contributed by atoms with Gasteiger partial charge in [-0.2, -0.15) is 0 Å². The van der Waals surface area contributed by atoms with E-state index in [1.54, 1.807) is 0 Å². The number of nitrogens with zero attached hydrogens (tertiary/aromatic N) is 2. The zero-order valence-electron chi connectivity index (χ0n) is 19.9. The fourth-order valence-corrected chi connectivity index (χ4v) is 5.11. The summed E-state index contributed by atoms with van der Waals surface area (Å²) in [6, 6.07) is 19.1. The van der Waals surface area contributed by atoms with Gasteiger partial charge >= 0.3 is 0 Å². The highest BCUT2D eigenvalue weighted by Crippen LogP contribution is 2.44. The molecule has 0 saturated carbocycles. The second-order valence-electron chi connectivity index (χ2n) is 9.96. The van der Waals surface area contributed by atoms with E-state index in [4.69, 9.17) is 16.3 Å². The average Bonchev–Trinajstić information content (AvgIpc) is 2.76. The minimum Gasteiger partial charge on any atom is -0.378 e. The number of carbonyl (C=O) groups excluding carboxylic acids is 1. The Labute approximate surface area is 198 Å². The van der Waals surface area contributed by atoms with Gasteiger partial charge in [-0.05, 0) is 68.2 Å². The van der Waals surface area contributed by atoms with E-state index < -0.39 is 0 Å². The lowest BCUT2D eigenvalue weighted by molar-refractivity contribution is -0.131. The summed E-state index contributed by atoms with van der Waals surface area (Å²) < 4.78 is 6.05. The summed E-state index contributed by atoms with van der Waals surface area (Å²) in [6.45, 7) is 6.40. The van der Waals surface area contributed by atoms with Crippen molar-refractivity contribution in [3.05, 3.63) is 65.7 Å². The minimum atomic E-state index is -0.156. The number of ether oxygens (including phenoxy) is 1. The lowest BCUT2D eigenvalue weighted by atomic mass is 9.68. The molecule has 1 saturated heterocycles. The SMILES string of the molecule is CN(C)c1ccc(CN(CC[C@@]2(Cc3ccccc3)CCOC(C)(C)C2)C(=O)CCl)cc1. The fourth-order valence-electron chi connectivity index (χ4n) is 4.94. The first-order valence-electron chi connectivity index (χ1n) is 11.5. The topological polar surface area (TPSA) is 32.8 Å². The molecule has 174 valence electrons. The number of carbonyl (C=O) groups is 1. The Bertz CT molecular complexity index is 867. The summed E-state index contributed by atoms with van der Waals surface area (Å²) in [5.41, 5.74) is 3.56. The summed E-state index contributed by atoms with van der Waals surface area (Å²) in [6.07, 6.45) is 3.93. The van der Waals surface area contributed by atoms with Crippen LogP contribution in [0, 0.1) is 5.41 Å². The highest BCUT2D eigenvalue weighted by molar-refractivity contribution is 6.27. The molecular formula is C27H37ClN2O2. The van der Waals surface area contributed by atoms with Crippen molar-refractivity contribution in [2.75, 3.05) is 38.0 Å². The van der Waals surface area contributed by atoms with E-state index in [2.05, 4.69) is 73.3 Å². The van der Waals surface area contributed by atoms with E-state index in [1.165, 1.54) is 5.56 Å². The molecule has 1 heterocycles. The summed E-state index contributed by atoms with van der Waals surface area (Å²) in [5.74, 6) is 0.000300. The maximum Gasteiger partial charge on any atom is 0.237 e. The number of hydrogen-bond donors (Lipinski definition) is 0. The lowest BCUT2D eigenvalue weighted by Crippen LogP contribution is -2.45. The van der Waals surface area contributed by atoms with Crippen molar-refractivity contribution in [1.82, 2.24) is 4.90 Å². The van der Waals surface area contributed by atoms with Crippen LogP contribution in [-0.4, -0.2) is 49.5 Å². The Kier molecular flexibility index (Phi) is 8.24. The lowest BCUT2D eigenvalue weighted by Gasteiger charge is -2.46. The average molecular weight is 457 g/mol. The molecule has 0 bridgehead atoms. The van der Waals surface area contributed by atoms with Crippen molar-refractivity contribution < 1.29 is 9.53 Å². The first-order chi connectivity index (χ1) is 15.2. The largest absolute Gasteiger partial charge is 0.378 e. The molecule has 1 amide bonds. The Hall–Kier alpha value is -2.04. The number of benzene rings is 2. The van der Waals surface area contributed by atoms with Gasteiger partial charge < -0.3 is 14.5 Å². The zero-order valence-corrected chi connectivity index (χ0v) is 20.7. The van der Waals surface area contributed by atoms with Gasteiger partial charge in [-0.25, -0.2) is 0 Å². The van der Waals surface area contributed by atoms with E-state index in [9.17, 15) is 4.79 Å². The number of hydrogen-bond acceptors (Lipinski definition) is 3. The van der Waals surface area contributed by atoms with Gasteiger partial charge in [0.25, 0.3) is 0 Å². The highest BCUT2D eigenvalue weighted by Gasteiger charge is 2.41. The molecule has 1 atom stereocenters. The second kappa shape index (κ2) is 10.7. The molecule has 0 aromatic heterocycles. The third-order valence-electron chi connectivity index (χ3n) is 6.55. The fraction of sp³-hybridized carbons (Fsp3) is 0.519. The van der Waals surface area contributed by atoms with Crippen LogP contribution in [0.1, 0.15) is 44.2 Å². The Morgan fingerprint density at radius 3 is 2.31 bits per heavy atom. The Balaban J connectivity index is 1.76. The molecule has 32 heavy (non-hydrogen) atoms. The van der Waals surface area contributed by atoms with Crippen LogP contribution in [-0.2, 0) is 22.5 Å². The third kappa shape index (κ3) is 6.73. The van der Waals surface area contributed by atoms with Crippen LogP contribution in [0.25, 0.3) is 0 Å².